The minimum Gasteiger partial charge on any atom is -0.478 e. The third-order valence-electron chi connectivity index (χ3n) is 8.86. The number of anilines is 1. The van der Waals surface area contributed by atoms with Gasteiger partial charge in [0.15, 0.2) is 0 Å². The van der Waals surface area contributed by atoms with Crippen molar-refractivity contribution in [1.82, 2.24) is 9.88 Å². The van der Waals surface area contributed by atoms with Crippen LogP contribution in [0.5, 0.6) is 0 Å². The molecular weight excluding hydrogens is 462 g/mol. The summed E-state index contributed by atoms with van der Waals surface area (Å²) >= 11 is 0. The highest BCUT2D eigenvalue weighted by Gasteiger charge is 2.49. The Hall–Kier alpha value is -3.12. The van der Waals surface area contributed by atoms with Gasteiger partial charge in [0.05, 0.1) is 22.4 Å². The molecule has 1 atom stereocenters. The van der Waals surface area contributed by atoms with Gasteiger partial charge < -0.3 is 19.9 Å². The van der Waals surface area contributed by atoms with Gasteiger partial charge in [-0.2, -0.15) is 0 Å². The van der Waals surface area contributed by atoms with E-state index in [9.17, 15) is 14.7 Å². The van der Waals surface area contributed by atoms with E-state index in [0.717, 1.165) is 48.1 Å². The van der Waals surface area contributed by atoms with Crippen LogP contribution in [-0.2, 0) is 16.8 Å². The number of rotatable bonds is 5. The molecule has 2 N–H and O–H groups in total. The molecule has 0 saturated heterocycles. The molecule has 3 aromatic rings. The van der Waals surface area contributed by atoms with Crippen LogP contribution in [0.1, 0.15) is 86.7 Å². The van der Waals surface area contributed by atoms with Crippen LogP contribution < -0.4 is 10.2 Å². The maximum atomic E-state index is 14.0. The van der Waals surface area contributed by atoms with Crippen LogP contribution in [0, 0.1) is 0 Å². The number of hydrogen-bond acceptors (Lipinski definition) is 3. The van der Waals surface area contributed by atoms with Gasteiger partial charge in [0.25, 0.3) is 0 Å². The molecule has 1 amide bonds. The summed E-state index contributed by atoms with van der Waals surface area (Å²) in [6.45, 7) is 8.35. The van der Waals surface area contributed by atoms with Crippen molar-refractivity contribution in [2.24, 2.45) is 0 Å². The predicted molar refractivity (Wildman–Crippen MR) is 148 cm³/mol. The smallest absolute Gasteiger partial charge is 0.335 e. The van der Waals surface area contributed by atoms with Gasteiger partial charge in [0, 0.05) is 42.1 Å². The highest BCUT2D eigenvalue weighted by atomic mass is 16.4. The number of hydrogen-bond donors (Lipinski definition) is 2. The Morgan fingerprint density at radius 1 is 1.11 bits per heavy atom. The van der Waals surface area contributed by atoms with Crippen molar-refractivity contribution in [2.45, 2.75) is 83.2 Å². The van der Waals surface area contributed by atoms with Crippen molar-refractivity contribution < 1.29 is 14.7 Å². The average molecular weight is 500 g/mol. The number of aryl methyl sites for hydroxylation is 1. The van der Waals surface area contributed by atoms with Crippen LogP contribution in [0.25, 0.3) is 22.2 Å². The first kappa shape index (κ1) is 24.2. The lowest BCUT2D eigenvalue weighted by Crippen LogP contribution is -2.46. The van der Waals surface area contributed by atoms with Crippen LogP contribution in [0.2, 0.25) is 0 Å². The Morgan fingerprint density at radius 2 is 1.89 bits per heavy atom. The highest BCUT2D eigenvalue weighted by Crippen LogP contribution is 2.52. The number of amides is 1. The van der Waals surface area contributed by atoms with Gasteiger partial charge >= 0.3 is 5.97 Å². The fraction of sp³-hybridized carbons (Fsp3) is 0.484. The van der Waals surface area contributed by atoms with E-state index >= 15 is 0 Å². The topological polar surface area (TPSA) is 74.6 Å². The average Bonchev–Trinajstić information content (AvgIpc) is 3.31. The number of carbonyl (C=O) groups excluding carboxylic acids is 1. The number of carboxylic acid groups (broad SMARTS) is 1. The zero-order valence-electron chi connectivity index (χ0n) is 22.1. The second-order valence-electron chi connectivity index (χ2n) is 11.7. The third kappa shape index (κ3) is 3.71. The van der Waals surface area contributed by atoms with E-state index in [1.165, 1.54) is 35.9 Å². The number of fused-ring (bicyclic) bond motifs is 4. The Bertz CT molecular complexity index is 1400. The minimum atomic E-state index is -0.895. The number of nitrogens with one attached hydrogen (secondary N) is 1. The van der Waals surface area contributed by atoms with Gasteiger partial charge in [-0.05, 0) is 55.4 Å². The first-order valence-corrected chi connectivity index (χ1v) is 13.9. The highest BCUT2D eigenvalue weighted by molar-refractivity contribution is 6.12. The van der Waals surface area contributed by atoms with E-state index < -0.39 is 11.4 Å². The van der Waals surface area contributed by atoms with Gasteiger partial charge in [0.1, 0.15) is 0 Å². The van der Waals surface area contributed by atoms with Crippen molar-refractivity contribution in [3.63, 3.8) is 0 Å². The fourth-order valence-electron chi connectivity index (χ4n) is 7.00. The fourth-order valence-corrected chi connectivity index (χ4v) is 7.00. The standard InChI is InChI=1S/C31H37N3O3/c1-19(2)32-18-31(3)24-12-7-11-23-27(24)34(30(31)37)16-8-15-33-25-17-21(29(35)36)13-14-22(25)26(28(23)33)20-9-5-4-6-10-20/h7,11-14,17,19-20,32H,4-6,8-10,15-16,18H2,1-3H3,(H,35,36)/t31-/m0/s1. The van der Waals surface area contributed by atoms with E-state index in [1.807, 2.05) is 17.0 Å². The van der Waals surface area contributed by atoms with Crippen LogP contribution in [0.4, 0.5) is 5.69 Å². The molecular formula is C31H37N3O3. The van der Waals surface area contributed by atoms with Crippen molar-refractivity contribution in [1.29, 1.82) is 0 Å². The molecule has 194 valence electrons. The van der Waals surface area contributed by atoms with Crippen LogP contribution in [0.3, 0.4) is 0 Å². The van der Waals surface area contributed by atoms with Gasteiger partial charge in [-0.15, -0.1) is 0 Å². The van der Waals surface area contributed by atoms with E-state index in [2.05, 4.69) is 48.9 Å². The molecule has 3 heterocycles. The zero-order valence-corrected chi connectivity index (χ0v) is 22.1. The summed E-state index contributed by atoms with van der Waals surface area (Å²) in [7, 11) is 0. The molecule has 1 saturated carbocycles. The molecule has 6 heteroatoms. The van der Waals surface area contributed by atoms with E-state index in [1.54, 1.807) is 6.07 Å². The first-order valence-electron chi connectivity index (χ1n) is 13.9. The number of carboxylic acids is 1. The molecule has 1 fully saturated rings. The Balaban J connectivity index is 1.64. The molecule has 2 aliphatic heterocycles. The molecule has 6 nitrogen and oxygen atoms in total. The summed E-state index contributed by atoms with van der Waals surface area (Å²) in [6.07, 6.45) is 6.85. The van der Waals surface area contributed by atoms with Crippen molar-refractivity contribution >= 4 is 28.5 Å². The van der Waals surface area contributed by atoms with Crippen molar-refractivity contribution in [3.05, 3.63) is 53.1 Å². The summed E-state index contributed by atoms with van der Waals surface area (Å²) < 4.78 is 2.37. The summed E-state index contributed by atoms with van der Waals surface area (Å²) in [5.74, 6) is -0.272. The molecule has 6 rings (SSSR count). The number of benzene rings is 2. The van der Waals surface area contributed by atoms with Crippen molar-refractivity contribution in [3.8, 4) is 11.3 Å². The summed E-state index contributed by atoms with van der Waals surface area (Å²) in [5.41, 5.74) is 6.54. The number of nitrogens with zero attached hydrogens (tertiary/aromatic N) is 2. The monoisotopic (exact) mass is 499 g/mol. The van der Waals surface area contributed by atoms with E-state index in [0.29, 0.717) is 30.6 Å². The molecule has 0 bridgehead atoms. The molecule has 1 aromatic heterocycles. The summed E-state index contributed by atoms with van der Waals surface area (Å²) in [6, 6.07) is 12.4. The van der Waals surface area contributed by atoms with Gasteiger partial charge in [0.2, 0.25) is 5.91 Å². The molecule has 0 spiro atoms. The molecule has 0 radical (unpaired) electrons. The molecule has 1 aliphatic carbocycles. The lowest BCUT2D eigenvalue weighted by atomic mass is 9.80. The third-order valence-corrected chi connectivity index (χ3v) is 8.86. The van der Waals surface area contributed by atoms with Crippen molar-refractivity contribution in [2.75, 3.05) is 18.0 Å². The van der Waals surface area contributed by atoms with Gasteiger partial charge in [-0.3, -0.25) is 4.79 Å². The number of aromatic carboxylic acids is 1. The van der Waals surface area contributed by atoms with Crippen LogP contribution in [-0.4, -0.2) is 40.7 Å². The molecule has 37 heavy (non-hydrogen) atoms. The summed E-state index contributed by atoms with van der Waals surface area (Å²) in [5, 5.41) is 14.5. The lowest BCUT2D eigenvalue weighted by Gasteiger charge is -2.28. The van der Waals surface area contributed by atoms with E-state index in [-0.39, 0.29) is 5.91 Å². The Morgan fingerprint density at radius 3 is 2.62 bits per heavy atom. The number of aromatic nitrogens is 1. The van der Waals surface area contributed by atoms with Gasteiger partial charge in [-0.1, -0.05) is 57.4 Å². The second kappa shape index (κ2) is 9.02. The maximum absolute atomic E-state index is 14.0. The quantitative estimate of drug-likeness (QED) is 0.447. The predicted octanol–water partition coefficient (Wildman–Crippen LogP) is 6.06. The molecule has 2 aromatic carbocycles. The Labute approximate surface area is 218 Å². The normalized spacial score (nSPS) is 21.7. The SMILES string of the molecule is CC(C)NC[C@]1(C)C(=O)N2CCCn3c(c(C4CCCCC4)c4ccc(C(=O)O)cc43)-c3cccc1c32. The molecule has 0 unspecified atom stereocenters. The van der Waals surface area contributed by atoms with Crippen LogP contribution >= 0.6 is 0 Å². The summed E-state index contributed by atoms with van der Waals surface area (Å²) in [4.78, 5) is 27.9. The maximum Gasteiger partial charge on any atom is 0.335 e. The zero-order chi connectivity index (χ0) is 25.9. The Kier molecular flexibility index (Phi) is 5.90. The first-order chi connectivity index (χ1) is 17.8. The lowest BCUT2D eigenvalue weighted by molar-refractivity contribution is -0.122. The number of para-hydroxylation sites is 1. The number of carbonyl (C=O) groups is 2. The van der Waals surface area contributed by atoms with Gasteiger partial charge in [-0.25, -0.2) is 4.79 Å². The second-order valence-corrected chi connectivity index (χ2v) is 11.7. The molecule has 3 aliphatic rings. The van der Waals surface area contributed by atoms with E-state index in [4.69, 9.17) is 0 Å². The minimum absolute atomic E-state index is 0.181. The largest absolute Gasteiger partial charge is 0.478 e. The van der Waals surface area contributed by atoms with Crippen LogP contribution in [0.15, 0.2) is 36.4 Å².